The smallest absolute Gasteiger partial charge is 0.0563 e. The predicted octanol–water partition coefficient (Wildman–Crippen LogP) is 4.66. The fraction of sp³-hybridized carbons (Fsp3) is 0.200. The van der Waals surface area contributed by atoms with Crippen LogP contribution in [-0.4, -0.2) is 0 Å². The van der Waals surface area contributed by atoms with Crippen molar-refractivity contribution in [3.05, 3.63) is 67.2 Å². The molecule has 2 rings (SSSR count). The van der Waals surface area contributed by atoms with E-state index >= 15 is 0 Å². The molecule has 0 amide bonds. The molecule has 2 N–H and O–H groups in total. The van der Waals surface area contributed by atoms with Gasteiger partial charge in [0.25, 0.3) is 0 Å². The molecule has 2 aromatic rings. The Balaban J connectivity index is 2.40. The lowest BCUT2D eigenvalue weighted by molar-refractivity contribution is 0.861. The van der Waals surface area contributed by atoms with Gasteiger partial charge >= 0.3 is 0 Å². The van der Waals surface area contributed by atoms with E-state index < -0.39 is 0 Å². The lowest BCUT2D eigenvalue weighted by Crippen LogP contribution is -2.13. The molecule has 1 atom stereocenters. The SMILES string of the molecule is CCc1cccc(C(N)c2cc(I)ccc2Br)c1. The van der Waals surface area contributed by atoms with Gasteiger partial charge in [-0.05, 0) is 63.9 Å². The van der Waals surface area contributed by atoms with E-state index in [1.807, 2.05) is 0 Å². The van der Waals surface area contributed by atoms with Crippen LogP contribution in [0.3, 0.4) is 0 Å². The molecule has 0 saturated carbocycles. The highest BCUT2D eigenvalue weighted by Gasteiger charge is 2.12. The third kappa shape index (κ3) is 3.13. The largest absolute Gasteiger partial charge is 0.320 e. The first-order valence-electron chi connectivity index (χ1n) is 5.91. The Hall–Kier alpha value is -0.390. The highest BCUT2D eigenvalue weighted by atomic mass is 127. The molecular weight excluding hydrogens is 401 g/mol. The molecule has 0 aliphatic heterocycles. The lowest BCUT2D eigenvalue weighted by atomic mass is 9.97. The summed E-state index contributed by atoms with van der Waals surface area (Å²) >= 11 is 5.89. The molecule has 2 aromatic carbocycles. The summed E-state index contributed by atoms with van der Waals surface area (Å²) in [6, 6.07) is 14.7. The summed E-state index contributed by atoms with van der Waals surface area (Å²) in [7, 11) is 0. The van der Waals surface area contributed by atoms with Crippen molar-refractivity contribution in [2.75, 3.05) is 0 Å². The summed E-state index contributed by atoms with van der Waals surface area (Å²) in [5, 5.41) is 0. The van der Waals surface area contributed by atoms with Gasteiger partial charge in [0.1, 0.15) is 0 Å². The average Bonchev–Trinajstić information content (AvgIpc) is 2.41. The molecule has 0 bridgehead atoms. The van der Waals surface area contributed by atoms with Crippen LogP contribution in [0.25, 0.3) is 0 Å². The van der Waals surface area contributed by atoms with Crippen molar-refractivity contribution < 1.29 is 0 Å². The molecule has 0 aromatic heterocycles. The van der Waals surface area contributed by atoms with Gasteiger partial charge in [0.2, 0.25) is 0 Å². The van der Waals surface area contributed by atoms with Crippen LogP contribution in [0.5, 0.6) is 0 Å². The molecule has 0 aliphatic carbocycles. The van der Waals surface area contributed by atoms with Crippen molar-refractivity contribution in [3.8, 4) is 0 Å². The van der Waals surface area contributed by atoms with E-state index in [1.54, 1.807) is 0 Å². The van der Waals surface area contributed by atoms with Gasteiger partial charge in [-0.15, -0.1) is 0 Å². The van der Waals surface area contributed by atoms with Gasteiger partial charge < -0.3 is 5.73 Å². The summed E-state index contributed by atoms with van der Waals surface area (Å²) in [6.45, 7) is 2.16. The summed E-state index contributed by atoms with van der Waals surface area (Å²) in [5.74, 6) is 0. The summed E-state index contributed by atoms with van der Waals surface area (Å²) < 4.78 is 2.27. The summed E-state index contributed by atoms with van der Waals surface area (Å²) in [6.07, 6.45) is 1.04. The number of hydrogen-bond donors (Lipinski definition) is 1. The maximum absolute atomic E-state index is 6.38. The summed E-state index contributed by atoms with van der Waals surface area (Å²) in [4.78, 5) is 0. The van der Waals surface area contributed by atoms with Gasteiger partial charge in [-0.3, -0.25) is 0 Å². The fourth-order valence-corrected chi connectivity index (χ4v) is 2.95. The molecule has 1 nitrogen and oxygen atoms in total. The normalized spacial score (nSPS) is 12.4. The van der Waals surface area contributed by atoms with Crippen LogP contribution in [-0.2, 0) is 6.42 Å². The quantitative estimate of drug-likeness (QED) is 0.724. The molecule has 0 fully saturated rings. The predicted molar refractivity (Wildman–Crippen MR) is 88.7 cm³/mol. The standard InChI is InChI=1S/C15H15BrIN/c1-2-10-4-3-5-11(8-10)15(18)13-9-12(17)6-7-14(13)16/h3-9,15H,2,18H2,1H3. The Morgan fingerprint density at radius 2 is 2.00 bits per heavy atom. The minimum atomic E-state index is -0.0828. The Kier molecular flexibility index (Phi) is 4.81. The van der Waals surface area contributed by atoms with E-state index in [1.165, 1.54) is 9.13 Å². The van der Waals surface area contributed by atoms with Crippen LogP contribution in [0.1, 0.15) is 29.7 Å². The number of aryl methyl sites for hydroxylation is 1. The lowest BCUT2D eigenvalue weighted by Gasteiger charge is -2.15. The minimum Gasteiger partial charge on any atom is -0.320 e. The molecule has 0 radical (unpaired) electrons. The molecule has 94 valence electrons. The zero-order valence-electron chi connectivity index (χ0n) is 10.2. The Labute approximate surface area is 130 Å². The average molecular weight is 416 g/mol. The van der Waals surface area contributed by atoms with Crippen LogP contribution >= 0.6 is 38.5 Å². The first kappa shape index (κ1) is 14.0. The van der Waals surface area contributed by atoms with Crippen molar-refractivity contribution >= 4 is 38.5 Å². The van der Waals surface area contributed by atoms with Gasteiger partial charge in [0.15, 0.2) is 0 Å². The third-order valence-electron chi connectivity index (χ3n) is 3.01. The molecule has 0 spiro atoms. The third-order valence-corrected chi connectivity index (χ3v) is 4.40. The maximum Gasteiger partial charge on any atom is 0.0563 e. The highest BCUT2D eigenvalue weighted by Crippen LogP contribution is 2.28. The molecule has 0 heterocycles. The number of hydrogen-bond acceptors (Lipinski definition) is 1. The van der Waals surface area contributed by atoms with Crippen LogP contribution in [0.2, 0.25) is 0 Å². The monoisotopic (exact) mass is 415 g/mol. The molecular formula is C15H15BrIN. The van der Waals surface area contributed by atoms with E-state index in [9.17, 15) is 0 Å². The van der Waals surface area contributed by atoms with E-state index in [0.717, 1.165) is 22.0 Å². The molecule has 18 heavy (non-hydrogen) atoms. The minimum absolute atomic E-state index is 0.0828. The van der Waals surface area contributed by atoms with Crippen molar-refractivity contribution in [2.24, 2.45) is 5.73 Å². The molecule has 1 unspecified atom stereocenters. The Morgan fingerprint density at radius 1 is 1.22 bits per heavy atom. The van der Waals surface area contributed by atoms with Crippen molar-refractivity contribution in [1.82, 2.24) is 0 Å². The summed E-state index contributed by atoms with van der Waals surface area (Å²) in [5.41, 5.74) is 10.00. The van der Waals surface area contributed by atoms with E-state index in [0.29, 0.717) is 0 Å². The second-order valence-electron chi connectivity index (χ2n) is 4.24. The first-order valence-corrected chi connectivity index (χ1v) is 7.78. The number of benzene rings is 2. The van der Waals surface area contributed by atoms with Crippen LogP contribution < -0.4 is 5.73 Å². The number of halogens is 2. The van der Waals surface area contributed by atoms with Gasteiger partial charge in [-0.25, -0.2) is 0 Å². The van der Waals surface area contributed by atoms with Crippen LogP contribution in [0.4, 0.5) is 0 Å². The van der Waals surface area contributed by atoms with Crippen LogP contribution in [0.15, 0.2) is 46.9 Å². The van der Waals surface area contributed by atoms with E-state index in [2.05, 4.69) is 87.9 Å². The zero-order chi connectivity index (χ0) is 13.1. The topological polar surface area (TPSA) is 26.0 Å². The van der Waals surface area contributed by atoms with Crippen LogP contribution in [0, 0.1) is 3.57 Å². The van der Waals surface area contributed by atoms with E-state index in [4.69, 9.17) is 5.73 Å². The molecule has 0 aliphatic rings. The zero-order valence-corrected chi connectivity index (χ0v) is 13.9. The molecule has 3 heteroatoms. The molecule has 0 saturated heterocycles. The van der Waals surface area contributed by atoms with Gasteiger partial charge in [0.05, 0.1) is 6.04 Å². The second kappa shape index (κ2) is 6.17. The van der Waals surface area contributed by atoms with Crippen molar-refractivity contribution in [1.29, 1.82) is 0 Å². The number of nitrogens with two attached hydrogens (primary N) is 1. The van der Waals surface area contributed by atoms with Gasteiger partial charge in [0, 0.05) is 8.04 Å². The highest BCUT2D eigenvalue weighted by molar-refractivity contribution is 14.1. The van der Waals surface area contributed by atoms with Gasteiger partial charge in [-0.2, -0.15) is 0 Å². The maximum atomic E-state index is 6.38. The second-order valence-corrected chi connectivity index (χ2v) is 6.34. The van der Waals surface area contributed by atoms with Crippen molar-refractivity contribution in [3.63, 3.8) is 0 Å². The fourth-order valence-electron chi connectivity index (χ4n) is 1.94. The van der Waals surface area contributed by atoms with Gasteiger partial charge in [-0.1, -0.05) is 47.1 Å². The first-order chi connectivity index (χ1) is 8.61. The number of rotatable bonds is 3. The Morgan fingerprint density at radius 3 is 2.72 bits per heavy atom. The van der Waals surface area contributed by atoms with Crippen molar-refractivity contribution in [2.45, 2.75) is 19.4 Å². The van der Waals surface area contributed by atoms with E-state index in [-0.39, 0.29) is 6.04 Å². The Bertz CT molecular complexity index is 554.